The predicted octanol–water partition coefficient (Wildman–Crippen LogP) is 4.06. The van der Waals surface area contributed by atoms with Crippen LogP contribution in [0.2, 0.25) is 0 Å². The molecule has 0 bridgehead atoms. The first kappa shape index (κ1) is 11.6. The summed E-state index contributed by atoms with van der Waals surface area (Å²) < 4.78 is 2.08. The van der Waals surface area contributed by atoms with Gasteiger partial charge in [0.15, 0.2) is 0 Å². The monoisotopic (exact) mass is 246 g/mol. The standard InChI is InChI=1S/C17H14N2/c1-2-13-7-9-15(10-8-13)19-12-14(11-18)16-5-3-4-6-17(16)19/h3-10,12H,2H2,1H3. The van der Waals surface area contributed by atoms with Crippen molar-refractivity contribution in [1.29, 1.82) is 5.26 Å². The van der Waals surface area contributed by atoms with Crippen LogP contribution >= 0.6 is 0 Å². The number of rotatable bonds is 2. The third-order valence-electron chi connectivity index (χ3n) is 3.46. The fourth-order valence-corrected chi connectivity index (χ4v) is 2.37. The number of aromatic nitrogens is 1. The molecular formula is C17H14N2. The van der Waals surface area contributed by atoms with E-state index < -0.39 is 0 Å². The summed E-state index contributed by atoms with van der Waals surface area (Å²) in [6.07, 6.45) is 2.95. The maximum Gasteiger partial charge on any atom is 0.101 e. The Morgan fingerprint density at radius 1 is 1.05 bits per heavy atom. The molecule has 0 aliphatic heterocycles. The highest BCUT2D eigenvalue weighted by Crippen LogP contribution is 2.24. The second-order valence-corrected chi connectivity index (χ2v) is 4.56. The topological polar surface area (TPSA) is 28.7 Å². The first-order valence-corrected chi connectivity index (χ1v) is 6.43. The number of nitriles is 1. The van der Waals surface area contributed by atoms with Gasteiger partial charge in [0, 0.05) is 17.3 Å². The molecule has 0 aliphatic rings. The summed E-state index contributed by atoms with van der Waals surface area (Å²) in [5, 5.41) is 10.2. The van der Waals surface area contributed by atoms with E-state index in [0.29, 0.717) is 0 Å². The molecule has 2 aromatic carbocycles. The van der Waals surface area contributed by atoms with Crippen LogP contribution in [0.3, 0.4) is 0 Å². The second-order valence-electron chi connectivity index (χ2n) is 4.56. The zero-order chi connectivity index (χ0) is 13.2. The molecule has 0 amide bonds. The average Bonchev–Trinajstić information content (AvgIpc) is 2.86. The van der Waals surface area contributed by atoms with Gasteiger partial charge in [-0.15, -0.1) is 0 Å². The van der Waals surface area contributed by atoms with Gasteiger partial charge in [-0.25, -0.2) is 0 Å². The normalized spacial score (nSPS) is 10.5. The smallest absolute Gasteiger partial charge is 0.101 e. The Hall–Kier alpha value is -2.53. The van der Waals surface area contributed by atoms with E-state index in [-0.39, 0.29) is 0 Å². The lowest BCUT2D eigenvalue weighted by atomic mass is 10.1. The van der Waals surface area contributed by atoms with Crippen molar-refractivity contribution in [3.8, 4) is 11.8 Å². The van der Waals surface area contributed by atoms with Gasteiger partial charge in [-0.05, 0) is 30.2 Å². The molecule has 0 aliphatic carbocycles. The number of aryl methyl sites for hydroxylation is 1. The van der Waals surface area contributed by atoms with Crippen molar-refractivity contribution in [2.45, 2.75) is 13.3 Å². The van der Waals surface area contributed by atoms with Crippen molar-refractivity contribution >= 4 is 10.9 Å². The van der Waals surface area contributed by atoms with E-state index in [1.54, 1.807) is 0 Å². The van der Waals surface area contributed by atoms with Gasteiger partial charge < -0.3 is 4.57 Å². The van der Waals surface area contributed by atoms with Crippen LogP contribution in [0.25, 0.3) is 16.6 Å². The summed E-state index contributed by atoms with van der Waals surface area (Å²) in [5.74, 6) is 0. The zero-order valence-electron chi connectivity index (χ0n) is 10.8. The van der Waals surface area contributed by atoms with Gasteiger partial charge >= 0.3 is 0 Å². The van der Waals surface area contributed by atoms with Crippen molar-refractivity contribution < 1.29 is 0 Å². The minimum absolute atomic E-state index is 0.718. The molecule has 2 nitrogen and oxygen atoms in total. The molecule has 2 heteroatoms. The van der Waals surface area contributed by atoms with Gasteiger partial charge in [0.05, 0.1) is 11.1 Å². The fraction of sp³-hybridized carbons (Fsp3) is 0.118. The number of para-hydroxylation sites is 1. The highest BCUT2D eigenvalue weighted by molar-refractivity contribution is 5.87. The molecule has 0 unspecified atom stereocenters. The molecule has 1 aromatic heterocycles. The van der Waals surface area contributed by atoms with Gasteiger partial charge in [-0.1, -0.05) is 37.3 Å². The Kier molecular flexibility index (Phi) is 2.81. The minimum atomic E-state index is 0.718. The van der Waals surface area contributed by atoms with Gasteiger partial charge in [-0.2, -0.15) is 5.26 Å². The van der Waals surface area contributed by atoms with E-state index in [1.807, 2.05) is 30.5 Å². The molecule has 0 saturated carbocycles. The Morgan fingerprint density at radius 3 is 2.47 bits per heavy atom. The van der Waals surface area contributed by atoms with Crippen molar-refractivity contribution in [2.75, 3.05) is 0 Å². The number of hydrogen-bond donors (Lipinski definition) is 0. The van der Waals surface area contributed by atoms with Crippen LogP contribution in [0.1, 0.15) is 18.1 Å². The van der Waals surface area contributed by atoms with Crippen LogP contribution in [0.4, 0.5) is 0 Å². The first-order chi connectivity index (χ1) is 9.33. The maximum atomic E-state index is 9.21. The van der Waals surface area contributed by atoms with E-state index in [0.717, 1.165) is 28.6 Å². The number of benzene rings is 2. The quantitative estimate of drug-likeness (QED) is 0.670. The lowest BCUT2D eigenvalue weighted by molar-refractivity contribution is 1.10. The molecular weight excluding hydrogens is 232 g/mol. The van der Waals surface area contributed by atoms with Gasteiger partial charge in [0.2, 0.25) is 0 Å². The van der Waals surface area contributed by atoms with Gasteiger partial charge in [0.1, 0.15) is 6.07 Å². The molecule has 0 fully saturated rings. The fourth-order valence-electron chi connectivity index (χ4n) is 2.37. The molecule has 3 rings (SSSR count). The van der Waals surface area contributed by atoms with Crippen LogP contribution in [0.5, 0.6) is 0 Å². The van der Waals surface area contributed by atoms with Crippen LogP contribution in [-0.2, 0) is 6.42 Å². The van der Waals surface area contributed by atoms with Crippen LogP contribution in [0, 0.1) is 11.3 Å². The molecule has 0 saturated heterocycles. The molecule has 92 valence electrons. The highest BCUT2D eigenvalue weighted by Gasteiger charge is 2.08. The summed E-state index contributed by atoms with van der Waals surface area (Å²) in [6.45, 7) is 2.15. The molecule has 0 atom stereocenters. The highest BCUT2D eigenvalue weighted by atomic mass is 15.0. The van der Waals surface area contributed by atoms with E-state index in [9.17, 15) is 5.26 Å². The summed E-state index contributed by atoms with van der Waals surface area (Å²) in [7, 11) is 0. The van der Waals surface area contributed by atoms with Crippen LogP contribution in [-0.4, -0.2) is 4.57 Å². The molecule has 1 heterocycles. The number of fused-ring (bicyclic) bond motifs is 1. The lowest BCUT2D eigenvalue weighted by Crippen LogP contribution is -1.92. The number of nitrogens with zero attached hydrogens (tertiary/aromatic N) is 2. The summed E-state index contributed by atoms with van der Waals surface area (Å²) in [4.78, 5) is 0. The maximum absolute atomic E-state index is 9.21. The molecule has 3 aromatic rings. The van der Waals surface area contributed by atoms with Crippen LogP contribution < -0.4 is 0 Å². The number of hydrogen-bond acceptors (Lipinski definition) is 1. The minimum Gasteiger partial charge on any atom is -0.315 e. The van der Waals surface area contributed by atoms with E-state index in [4.69, 9.17) is 0 Å². The Balaban J connectivity index is 2.22. The van der Waals surface area contributed by atoms with Gasteiger partial charge in [-0.3, -0.25) is 0 Å². The van der Waals surface area contributed by atoms with Crippen LogP contribution in [0.15, 0.2) is 54.7 Å². The first-order valence-electron chi connectivity index (χ1n) is 6.43. The Morgan fingerprint density at radius 2 is 1.79 bits per heavy atom. The molecule has 0 N–H and O–H groups in total. The van der Waals surface area contributed by atoms with Crippen molar-refractivity contribution in [3.63, 3.8) is 0 Å². The molecule has 19 heavy (non-hydrogen) atoms. The van der Waals surface area contributed by atoms with Crippen molar-refractivity contribution in [1.82, 2.24) is 4.57 Å². The third-order valence-corrected chi connectivity index (χ3v) is 3.46. The van der Waals surface area contributed by atoms with Crippen molar-refractivity contribution in [2.24, 2.45) is 0 Å². The average molecular weight is 246 g/mol. The summed E-state index contributed by atoms with van der Waals surface area (Å²) >= 11 is 0. The molecule has 0 spiro atoms. The van der Waals surface area contributed by atoms with Gasteiger partial charge in [0.25, 0.3) is 0 Å². The molecule has 0 radical (unpaired) electrons. The predicted molar refractivity (Wildman–Crippen MR) is 77.4 cm³/mol. The third kappa shape index (κ3) is 1.90. The Labute approximate surface area is 112 Å². The van der Waals surface area contributed by atoms with E-state index in [1.165, 1.54) is 5.56 Å². The van der Waals surface area contributed by atoms with E-state index >= 15 is 0 Å². The lowest BCUT2D eigenvalue weighted by Gasteiger charge is -2.06. The Bertz CT molecular complexity index is 758. The summed E-state index contributed by atoms with van der Waals surface area (Å²) in [5.41, 5.74) is 4.20. The SMILES string of the molecule is CCc1ccc(-n2cc(C#N)c3ccccc32)cc1. The largest absolute Gasteiger partial charge is 0.315 e. The zero-order valence-corrected chi connectivity index (χ0v) is 10.8. The van der Waals surface area contributed by atoms with E-state index in [2.05, 4.69) is 41.8 Å². The summed E-state index contributed by atoms with van der Waals surface area (Å²) in [6, 6.07) is 18.7. The van der Waals surface area contributed by atoms with Crippen molar-refractivity contribution in [3.05, 3.63) is 65.9 Å². The second kappa shape index (κ2) is 4.62.